The quantitative estimate of drug-likeness (QED) is 0.458. The molecule has 0 fully saturated rings. The normalized spacial score (nSPS) is 10.8. The third kappa shape index (κ3) is 3.51. The number of alkyl halides is 1. The highest BCUT2D eigenvalue weighted by Gasteiger charge is 2.17. The summed E-state index contributed by atoms with van der Waals surface area (Å²) in [6.45, 7) is 3.80. The van der Waals surface area contributed by atoms with Gasteiger partial charge in [0.1, 0.15) is 12.4 Å². The van der Waals surface area contributed by atoms with Gasteiger partial charge in [0, 0.05) is 24.6 Å². The largest absolute Gasteiger partial charge is 0.488 e. The van der Waals surface area contributed by atoms with Crippen LogP contribution in [0.1, 0.15) is 33.2 Å². The van der Waals surface area contributed by atoms with Gasteiger partial charge in [-0.1, -0.05) is 46.3 Å². The lowest BCUT2D eigenvalue weighted by atomic mass is 10.1. The second kappa shape index (κ2) is 7.23. The Kier molecular flexibility index (Phi) is 5.04. The zero-order chi connectivity index (χ0) is 18.0. The van der Waals surface area contributed by atoms with Gasteiger partial charge < -0.3 is 4.74 Å². The zero-order valence-electron chi connectivity index (χ0n) is 14.1. The van der Waals surface area contributed by atoms with Crippen molar-refractivity contribution >= 4 is 38.5 Å². The molecule has 3 aromatic rings. The summed E-state index contributed by atoms with van der Waals surface area (Å²) in [7, 11) is 0. The van der Waals surface area contributed by atoms with Crippen molar-refractivity contribution in [3.05, 3.63) is 65.4 Å². The number of hydrogen-bond donors (Lipinski definition) is 0. The van der Waals surface area contributed by atoms with Gasteiger partial charge in [-0.25, -0.2) is 0 Å². The van der Waals surface area contributed by atoms with Crippen LogP contribution in [-0.4, -0.2) is 21.6 Å². The minimum Gasteiger partial charge on any atom is -0.488 e. The van der Waals surface area contributed by atoms with E-state index in [4.69, 9.17) is 4.74 Å². The molecule has 3 rings (SSSR count). The van der Waals surface area contributed by atoms with Crippen LogP contribution in [0.2, 0.25) is 0 Å². The molecule has 0 amide bonds. The van der Waals surface area contributed by atoms with E-state index in [2.05, 4.69) is 15.9 Å². The van der Waals surface area contributed by atoms with Gasteiger partial charge >= 0.3 is 0 Å². The van der Waals surface area contributed by atoms with Crippen LogP contribution >= 0.6 is 15.9 Å². The molecule has 4 nitrogen and oxygen atoms in total. The molecule has 0 aliphatic heterocycles. The number of carbonyl (C=O) groups is 2. The average Bonchev–Trinajstić information content (AvgIpc) is 2.95. The lowest BCUT2D eigenvalue weighted by Crippen LogP contribution is -2.07. The van der Waals surface area contributed by atoms with Crippen LogP contribution < -0.4 is 4.74 Å². The van der Waals surface area contributed by atoms with Crippen LogP contribution in [0.25, 0.3) is 10.9 Å². The third-order valence-electron chi connectivity index (χ3n) is 4.10. The molecule has 0 saturated heterocycles. The van der Waals surface area contributed by atoms with Crippen molar-refractivity contribution < 1.29 is 14.3 Å². The Labute approximate surface area is 154 Å². The molecule has 0 spiro atoms. The van der Waals surface area contributed by atoms with Crippen molar-refractivity contribution in [2.24, 2.45) is 0 Å². The lowest BCUT2D eigenvalue weighted by Gasteiger charge is -2.12. The molecule has 2 aromatic carbocycles. The van der Waals surface area contributed by atoms with Gasteiger partial charge in [0.2, 0.25) is 5.91 Å². The maximum atomic E-state index is 12.3. The number of aryl methyl sites for hydroxylation is 1. The summed E-state index contributed by atoms with van der Waals surface area (Å²) in [5.41, 5.74) is 3.23. The fourth-order valence-corrected chi connectivity index (χ4v) is 3.12. The average molecular weight is 400 g/mol. The first kappa shape index (κ1) is 17.4. The van der Waals surface area contributed by atoms with Crippen molar-refractivity contribution in [2.45, 2.75) is 20.5 Å². The lowest BCUT2D eigenvalue weighted by molar-refractivity contribution is 0.0941. The number of halogens is 1. The van der Waals surface area contributed by atoms with Gasteiger partial charge in [-0.15, -0.1) is 0 Å². The van der Waals surface area contributed by atoms with Gasteiger partial charge in [0.15, 0.2) is 5.78 Å². The van der Waals surface area contributed by atoms with Gasteiger partial charge in [0.05, 0.1) is 16.4 Å². The number of nitrogens with zero attached hydrogens (tertiary/aromatic N) is 1. The van der Waals surface area contributed by atoms with Crippen molar-refractivity contribution in [2.75, 3.05) is 5.33 Å². The minimum atomic E-state index is -0.0772. The number of Topliss-reactive ketones (excluding diaryl/α,β-unsaturated/α-hetero) is 1. The summed E-state index contributed by atoms with van der Waals surface area (Å²) in [5.74, 6) is 0.355. The van der Waals surface area contributed by atoms with Crippen LogP contribution in [0.15, 0.2) is 48.7 Å². The maximum absolute atomic E-state index is 12.3. The van der Waals surface area contributed by atoms with Gasteiger partial charge in [0.25, 0.3) is 0 Å². The molecule has 0 unspecified atom stereocenters. The monoisotopic (exact) mass is 399 g/mol. The molecular formula is C20H18BrNO3. The summed E-state index contributed by atoms with van der Waals surface area (Å²) in [6.07, 6.45) is 1.79. The molecule has 0 radical (unpaired) electrons. The van der Waals surface area contributed by atoms with Crippen molar-refractivity contribution in [3.63, 3.8) is 0 Å². The number of fused-ring (bicyclic) bond motifs is 1. The highest BCUT2D eigenvalue weighted by molar-refractivity contribution is 9.09. The summed E-state index contributed by atoms with van der Waals surface area (Å²) < 4.78 is 7.52. The third-order valence-corrected chi connectivity index (χ3v) is 4.61. The van der Waals surface area contributed by atoms with Crippen molar-refractivity contribution in [3.8, 4) is 5.75 Å². The Balaban J connectivity index is 2.08. The molecule has 1 aromatic heterocycles. The first-order valence-corrected chi connectivity index (χ1v) is 9.06. The molecule has 5 heteroatoms. The highest BCUT2D eigenvalue weighted by Crippen LogP contribution is 2.31. The molecule has 25 heavy (non-hydrogen) atoms. The van der Waals surface area contributed by atoms with E-state index in [1.54, 1.807) is 16.8 Å². The number of benzene rings is 2. The van der Waals surface area contributed by atoms with E-state index in [0.29, 0.717) is 17.9 Å². The predicted molar refractivity (Wildman–Crippen MR) is 102 cm³/mol. The molecule has 0 N–H and O–H groups in total. The van der Waals surface area contributed by atoms with E-state index in [9.17, 15) is 9.59 Å². The van der Waals surface area contributed by atoms with Gasteiger partial charge in [-0.3, -0.25) is 14.2 Å². The maximum Gasteiger partial charge on any atom is 0.227 e. The fourth-order valence-electron chi connectivity index (χ4n) is 2.82. The van der Waals surface area contributed by atoms with Crippen LogP contribution in [0, 0.1) is 6.92 Å². The summed E-state index contributed by atoms with van der Waals surface area (Å²) in [6, 6.07) is 13.3. The summed E-state index contributed by atoms with van der Waals surface area (Å²) >= 11 is 3.23. The van der Waals surface area contributed by atoms with E-state index in [-0.39, 0.29) is 17.0 Å². The number of hydrogen-bond acceptors (Lipinski definition) is 3. The van der Waals surface area contributed by atoms with E-state index >= 15 is 0 Å². The van der Waals surface area contributed by atoms with Crippen LogP contribution in [0.4, 0.5) is 0 Å². The van der Waals surface area contributed by atoms with Crippen LogP contribution in [0.5, 0.6) is 5.75 Å². The second-order valence-corrected chi connectivity index (χ2v) is 6.46. The molecular weight excluding hydrogens is 382 g/mol. The first-order chi connectivity index (χ1) is 12.0. The summed E-state index contributed by atoms with van der Waals surface area (Å²) in [5, 5.41) is 1.10. The Morgan fingerprint density at radius 1 is 1.16 bits per heavy atom. The SMILES string of the molecule is CC(=O)n1cc(C)c2cc(C(=O)CBr)c(OCc3ccccc3)cc21. The van der Waals surface area contributed by atoms with Crippen LogP contribution in [-0.2, 0) is 6.61 Å². The number of aromatic nitrogens is 1. The number of ether oxygens (including phenoxy) is 1. The zero-order valence-corrected chi connectivity index (χ0v) is 15.7. The first-order valence-electron chi connectivity index (χ1n) is 7.93. The van der Waals surface area contributed by atoms with Gasteiger partial charge in [-0.05, 0) is 24.1 Å². The second-order valence-electron chi connectivity index (χ2n) is 5.90. The Morgan fingerprint density at radius 2 is 1.88 bits per heavy atom. The molecule has 0 aliphatic carbocycles. The Bertz CT molecular complexity index is 944. The molecule has 1 heterocycles. The van der Waals surface area contributed by atoms with E-state index in [1.165, 1.54) is 6.92 Å². The van der Waals surface area contributed by atoms with Crippen LogP contribution in [0.3, 0.4) is 0 Å². The minimum absolute atomic E-state index is 0.0556. The predicted octanol–water partition coefficient (Wildman–Crippen LogP) is 4.77. The standard InChI is InChI=1S/C20H18BrNO3/c1-13-11-22(14(2)23)18-9-20(17(8-16(13)18)19(24)10-21)25-12-15-6-4-3-5-7-15/h3-9,11H,10,12H2,1-2H3. The van der Waals surface area contributed by atoms with E-state index < -0.39 is 0 Å². The topological polar surface area (TPSA) is 48.3 Å². The number of ketones is 1. The van der Waals surface area contributed by atoms with E-state index in [0.717, 1.165) is 22.0 Å². The van der Waals surface area contributed by atoms with Crippen molar-refractivity contribution in [1.82, 2.24) is 4.57 Å². The molecule has 128 valence electrons. The highest BCUT2D eigenvalue weighted by atomic mass is 79.9. The fraction of sp³-hybridized carbons (Fsp3) is 0.200. The Morgan fingerprint density at radius 3 is 2.52 bits per heavy atom. The van der Waals surface area contributed by atoms with E-state index in [1.807, 2.05) is 43.3 Å². The number of rotatable bonds is 5. The molecule has 0 saturated carbocycles. The Hall–Kier alpha value is -2.40. The summed E-state index contributed by atoms with van der Waals surface area (Å²) in [4.78, 5) is 24.2. The number of carbonyl (C=O) groups excluding carboxylic acids is 2. The van der Waals surface area contributed by atoms with Gasteiger partial charge in [-0.2, -0.15) is 0 Å². The molecule has 0 bridgehead atoms. The molecule has 0 atom stereocenters. The molecule has 0 aliphatic rings. The smallest absolute Gasteiger partial charge is 0.227 e. The van der Waals surface area contributed by atoms with Crippen molar-refractivity contribution in [1.29, 1.82) is 0 Å².